The average Bonchev–Trinajstić information content (AvgIpc) is 2.38. The van der Waals surface area contributed by atoms with Crippen molar-refractivity contribution in [3.63, 3.8) is 0 Å². The molecule has 20 heavy (non-hydrogen) atoms. The zero-order valence-electron chi connectivity index (χ0n) is 10.1. The highest BCUT2D eigenvalue weighted by Crippen LogP contribution is 2.31. The van der Waals surface area contributed by atoms with Crippen molar-refractivity contribution in [3.8, 4) is 11.6 Å². The highest BCUT2D eigenvalue weighted by atomic mass is 19.1. The molecule has 2 N–H and O–H groups in total. The first kappa shape index (κ1) is 13.6. The van der Waals surface area contributed by atoms with Gasteiger partial charge in [0.15, 0.2) is 11.6 Å². The molecule has 1 aromatic carbocycles. The van der Waals surface area contributed by atoms with E-state index in [2.05, 4.69) is 9.97 Å². The molecule has 0 spiro atoms. The molecule has 0 aliphatic rings. The van der Waals surface area contributed by atoms with Crippen LogP contribution >= 0.6 is 0 Å². The molecule has 1 aromatic heterocycles. The normalized spacial score (nSPS) is 10.3. The Morgan fingerprint density at radius 1 is 1.30 bits per heavy atom. The molecule has 0 aliphatic carbocycles. The van der Waals surface area contributed by atoms with E-state index in [1.807, 2.05) is 0 Å². The van der Waals surface area contributed by atoms with Gasteiger partial charge in [-0.2, -0.15) is 4.39 Å². The SMILES string of the molecule is Cc1c(N)ncnc1Oc1cc(F)c([N+](=O)[O-])cc1F. The number of nitro groups is 1. The minimum Gasteiger partial charge on any atom is -0.435 e. The second kappa shape index (κ2) is 5.03. The summed E-state index contributed by atoms with van der Waals surface area (Å²) in [7, 11) is 0. The number of ether oxygens (including phenoxy) is 1. The first-order valence-electron chi connectivity index (χ1n) is 5.28. The Hall–Kier alpha value is -2.84. The first-order valence-corrected chi connectivity index (χ1v) is 5.28. The quantitative estimate of drug-likeness (QED) is 0.684. The summed E-state index contributed by atoms with van der Waals surface area (Å²) in [4.78, 5) is 16.8. The van der Waals surface area contributed by atoms with Crippen molar-refractivity contribution < 1.29 is 18.4 Å². The summed E-state index contributed by atoms with van der Waals surface area (Å²) in [5.74, 6) is -2.78. The molecule has 0 saturated heterocycles. The number of halogens is 2. The number of nitro benzene ring substituents is 1. The summed E-state index contributed by atoms with van der Waals surface area (Å²) < 4.78 is 32.1. The summed E-state index contributed by atoms with van der Waals surface area (Å²) in [5.41, 5.74) is 4.88. The van der Waals surface area contributed by atoms with E-state index in [0.717, 1.165) is 6.33 Å². The van der Waals surface area contributed by atoms with Crippen molar-refractivity contribution in [2.75, 3.05) is 5.73 Å². The molecule has 9 heteroatoms. The van der Waals surface area contributed by atoms with Gasteiger partial charge in [0.1, 0.15) is 12.1 Å². The third-order valence-corrected chi connectivity index (χ3v) is 2.48. The van der Waals surface area contributed by atoms with Crippen molar-refractivity contribution in [1.82, 2.24) is 9.97 Å². The number of aromatic nitrogens is 2. The molecule has 0 fully saturated rings. The molecular weight excluding hydrogens is 274 g/mol. The van der Waals surface area contributed by atoms with Crippen LogP contribution in [0, 0.1) is 28.7 Å². The van der Waals surface area contributed by atoms with Gasteiger partial charge in [0.2, 0.25) is 11.7 Å². The molecule has 0 saturated carbocycles. The molecule has 0 radical (unpaired) electrons. The van der Waals surface area contributed by atoms with E-state index in [4.69, 9.17) is 10.5 Å². The Bertz CT molecular complexity index is 694. The predicted octanol–water partition coefficient (Wildman–Crippen LogP) is 2.35. The Kier molecular flexibility index (Phi) is 3.42. The largest absolute Gasteiger partial charge is 0.435 e. The van der Waals surface area contributed by atoms with Crippen molar-refractivity contribution in [3.05, 3.63) is 45.8 Å². The van der Waals surface area contributed by atoms with E-state index < -0.39 is 28.0 Å². The fourth-order valence-electron chi connectivity index (χ4n) is 1.39. The van der Waals surface area contributed by atoms with Gasteiger partial charge in [0.05, 0.1) is 16.6 Å². The number of hydrogen-bond donors (Lipinski definition) is 1. The Labute approximate surface area is 111 Å². The van der Waals surface area contributed by atoms with Crippen molar-refractivity contribution in [2.45, 2.75) is 6.92 Å². The van der Waals surface area contributed by atoms with Crippen LogP contribution in [0.15, 0.2) is 18.5 Å². The number of benzene rings is 1. The van der Waals surface area contributed by atoms with Crippen molar-refractivity contribution in [2.24, 2.45) is 0 Å². The van der Waals surface area contributed by atoms with Crippen LogP contribution in [0.3, 0.4) is 0 Å². The first-order chi connectivity index (χ1) is 9.40. The lowest BCUT2D eigenvalue weighted by atomic mass is 10.2. The third kappa shape index (κ3) is 2.46. The smallest absolute Gasteiger partial charge is 0.307 e. The molecule has 0 atom stereocenters. The Balaban J connectivity index is 2.42. The number of anilines is 1. The third-order valence-electron chi connectivity index (χ3n) is 2.48. The molecule has 1 heterocycles. The minimum atomic E-state index is -1.22. The fourth-order valence-corrected chi connectivity index (χ4v) is 1.39. The van der Waals surface area contributed by atoms with E-state index in [1.54, 1.807) is 0 Å². The van der Waals surface area contributed by atoms with Gasteiger partial charge >= 0.3 is 5.69 Å². The Morgan fingerprint density at radius 2 is 2.00 bits per heavy atom. The predicted molar refractivity (Wildman–Crippen MR) is 64.3 cm³/mol. The van der Waals surface area contributed by atoms with Crippen LogP contribution in [-0.4, -0.2) is 14.9 Å². The fraction of sp³-hybridized carbons (Fsp3) is 0.0909. The van der Waals surface area contributed by atoms with E-state index in [0.29, 0.717) is 17.7 Å². The lowest BCUT2D eigenvalue weighted by molar-refractivity contribution is -0.387. The monoisotopic (exact) mass is 282 g/mol. The molecule has 2 aromatic rings. The molecule has 7 nitrogen and oxygen atoms in total. The minimum absolute atomic E-state index is 0.0651. The summed E-state index contributed by atoms with van der Waals surface area (Å²) >= 11 is 0. The van der Waals surface area contributed by atoms with Gasteiger partial charge in [-0.25, -0.2) is 14.4 Å². The van der Waals surface area contributed by atoms with E-state index in [-0.39, 0.29) is 11.7 Å². The van der Waals surface area contributed by atoms with Crippen LogP contribution < -0.4 is 10.5 Å². The van der Waals surface area contributed by atoms with Crippen LogP contribution in [0.4, 0.5) is 20.3 Å². The lowest BCUT2D eigenvalue weighted by Gasteiger charge is -2.09. The van der Waals surface area contributed by atoms with Gasteiger partial charge in [-0.3, -0.25) is 10.1 Å². The van der Waals surface area contributed by atoms with Gasteiger partial charge < -0.3 is 10.5 Å². The second-order valence-electron chi connectivity index (χ2n) is 3.78. The van der Waals surface area contributed by atoms with Crippen LogP contribution in [0.25, 0.3) is 0 Å². The number of rotatable bonds is 3. The zero-order chi connectivity index (χ0) is 14.9. The highest BCUT2D eigenvalue weighted by Gasteiger charge is 2.20. The van der Waals surface area contributed by atoms with Crippen LogP contribution in [0.1, 0.15) is 5.56 Å². The van der Waals surface area contributed by atoms with Crippen LogP contribution in [0.2, 0.25) is 0 Å². The lowest BCUT2D eigenvalue weighted by Crippen LogP contribution is -2.01. The summed E-state index contributed by atoms with van der Waals surface area (Å²) in [6, 6.07) is 1.01. The summed E-state index contributed by atoms with van der Waals surface area (Å²) in [6.45, 7) is 1.53. The molecule has 0 amide bonds. The number of nitrogens with zero attached hydrogens (tertiary/aromatic N) is 3. The van der Waals surface area contributed by atoms with Crippen LogP contribution in [0.5, 0.6) is 11.6 Å². The topological polar surface area (TPSA) is 104 Å². The maximum Gasteiger partial charge on any atom is 0.307 e. The molecule has 0 bridgehead atoms. The highest BCUT2D eigenvalue weighted by molar-refractivity contribution is 5.46. The summed E-state index contributed by atoms with van der Waals surface area (Å²) in [5, 5.41) is 10.5. The van der Waals surface area contributed by atoms with Crippen molar-refractivity contribution >= 4 is 11.5 Å². The maximum atomic E-state index is 13.6. The van der Waals surface area contributed by atoms with Gasteiger partial charge in [-0.15, -0.1) is 0 Å². The maximum absolute atomic E-state index is 13.6. The second-order valence-corrected chi connectivity index (χ2v) is 3.78. The number of hydrogen-bond acceptors (Lipinski definition) is 6. The van der Waals surface area contributed by atoms with E-state index >= 15 is 0 Å². The standard InChI is InChI=1S/C11H8F2N4O3/c1-5-10(14)15-4-16-11(5)20-9-3-6(12)8(17(18)19)2-7(9)13/h2-4H,1H3,(H2,14,15,16). The molecular formula is C11H8F2N4O3. The Morgan fingerprint density at radius 3 is 2.65 bits per heavy atom. The van der Waals surface area contributed by atoms with Gasteiger partial charge in [-0.05, 0) is 6.92 Å². The molecule has 0 aliphatic heterocycles. The average molecular weight is 282 g/mol. The van der Waals surface area contributed by atoms with Crippen molar-refractivity contribution in [1.29, 1.82) is 0 Å². The van der Waals surface area contributed by atoms with Crippen LogP contribution in [-0.2, 0) is 0 Å². The summed E-state index contributed by atoms with van der Waals surface area (Å²) in [6.07, 6.45) is 1.09. The number of nitrogens with two attached hydrogens (primary N) is 1. The number of nitrogen functional groups attached to an aromatic ring is 1. The van der Waals surface area contributed by atoms with Gasteiger partial charge in [-0.1, -0.05) is 0 Å². The molecule has 2 rings (SSSR count). The zero-order valence-corrected chi connectivity index (χ0v) is 10.1. The molecule has 0 unspecified atom stereocenters. The van der Waals surface area contributed by atoms with Gasteiger partial charge in [0.25, 0.3) is 0 Å². The van der Waals surface area contributed by atoms with E-state index in [9.17, 15) is 18.9 Å². The van der Waals surface area contributed by atoms with E-state index in [1.165, 1.54) is 6.92 Å². The van der Waals surface area contributed by atoms with Gasteiger partial charge in [0, 0.05) is 6.07 Å². The molecule has 104 valence electrons.